The van der Waals surface area contributed by atoms with Crippen molar-refractivity contribution in [1.82, 2.24) is 9.97 Å². The Bertz CT molecular complexity index is 408. The SMILES string of the molecule is CCNc1ncnc(N2CCC(COC)CC2)c1Br. The van der Waals surface area contributed by atoms with Crippen molar-refractivity contribution in [3.8, 4) is 0 Å². The van der Waals surface area contributed by atoms with Crippen LogP contribution in [0.5, 0.6) is 0 Å². The van der Waals surface area contributed by atoms with Gasteiger partial charge in [-0.05, 0) is 41.6 Å². The first-order chi connectivity index (χ1) is 9.26. The highest BCUT2D eigenvalue weighted by atomic mass is 79.9. The predicted molar refractivity (Wildman–Crippen MR) is 80.7 cm³/mol. The Morgan fingerprint density at radius 1 is 1.42 bits per heavy atom. The molecule has 0 spiro atoms. The molecular weight excluding hydrogens is 308 g/mol. The fourth-order valence-corrected chi connectivity index (χ4v) is 3.01. The molecule has 6 heteroatoms. The molecule has 1 aromatic rings. The maximum absolute atomic E-state index is 5.23. The number of hydrogen-bond donors (Lipinski definition) is 1. The molecule has 1 N–H and O–H groups in total. The molecule has 0 aromatic carbocycles. The second-order valence-corrected chi connectivity index (χ2v) is 5.57. The fourth-order valence-electron chi connectivity index (χ4n) is 2.42. The van der Waals surface area contributed by atoms with Crippen LogP contribution in [0, 0.1) is 5.92 Å². The van der Waals surface area contributed by atoms with E-state index in [4.69, 9.17) is 4.74 Å². The molecule has 2 heterocycles. The van der Waals surface area contributed by atoms with Crippen LogP contribution >= 0.6 is 15.9 Å². The van der Waals surface area contributed by atoms with E-state index in [1.807, 2.05) is 0 Å². The van der Waals surface area contributed by atoms with Gasteiger partial charge in [-0.25, -0.2) is 9.97 Å². The van der Waals surface area contributed by atoms with Gasteiger partial charge in [0.15, 0.2) is 0 Å². The molecule has 5 nitrogen and oxygen atoms in total. The van der Waals surface area contributed by atoms with E-state index in [0.29, 0.717) is 5.92 Å². The van der Waals surface area contributed by atoms with Gasteiger partial charge >= 0.3 is 0 Å². The monoisotopic (exact) mass is 328 g/mol. The molecule has 1 aromatic heterocycles. The van der Waals surface area contributed by atoms with Crippen LogP contribution in [-0.2, 0) is 4.74 Å². The molecule has 1 saturated heterocycles. The summed E-state index contributed by atoms with van der Waals surface area (Å²) in [4.78, 5) is 11.0. The summed E-state index contributed by atoms with van der Waals surface area (Å²) < 4.78 is 6.19. The van der Waals surface area contributed by atoms with E-state index >= 15 is 0 Å². The van der Waals surface area contributed by atoms with Crippen LogP contribution in [-0.4, -0.2) is 43.3 Å². The smallest absolute Gasteiger partial charge is 0.148 e. The maximum Gasteiger partial charge on any atom is 0.148 e. The van der Waals surface area contributed by atoms with Crippen molar-refractivity contribution in [2.75, 3.05) is 43.6 Å². The highest BCUT2D eigenvalue weighted by Gasteiger charge is 2.22. The van der Waals surface area contributed by atoms with Crippen molar-refractivity contribution in [3.63, 3.8) is 0 Å². The minimum absolute atomic E-state index is 0.676. The molecule has 1 aliphatic rings. The fraction of sp³-hybridized carbons (Fsp3) is 0.692. The van der Waals surface area contributed by atoms with Crippen LogP contribution in [0.25, 0.3) is 0 Å². The van der Waals surface area contributed by atoms with Gasteiger partial charge in [0.1, 0.15) is 22.4 Å². The van der Waals surface area contributed by atoms with Gasteiger partial charge in [-0.2, -0.15) is 0 Å². The summed E-state index contributed by atoms with van der Waals surface area (Å²) in [7, 11) is 1.77. The van der Waals surface area contributed by atoms with Crippen LogP contribution in [0.3, 0.4) is 0 Å². The molecule has 0 amide bonds. The summed E-state index contributed by atoms with van der Waals surface area (Å²) in [5.41, 5.74) is 0. The third-order valence-electron chi connectivity index (χ3n) is 3.43. The van der Waals surface area contributed by atoms with Crippen molar-refractivity contribution in [2.45, 2.75) is 19.8 Å². The maximum atomic E-state index is 5.23. The average Bonchev–Trinajstić information content (AvgIpc) is 2.43. The minimum Gasteiger partial charge on any atom is -0.384 e. The van der Waals surface area contributed by atoms with E-state index in [1.165, 1.54) is 0 Å². The summed E-state index contributed by atoms with van der Waals surface area (Å²) in [6.45, 7) is 5.82. The number of ether oxygens (including phenoxy) is 1. The van der Waals surface area contributed by atoms with Crippen molar-refractivity contribution in [3.05, 3.63) is 10.8 Å². The molecular formula is C13H21BrN4O. The summed E-state index contributed by atoms with van der Waals surface area (Å²) in [5, 5.41) is 3.24. The zero-order valence-corrected chi connectivity index (χ0v) is 13.1. The Morgan fingerprint density at radius 2 is 2.16 bits per heavy atom. The normalized spacial score (nSPS) is 16.7. The first kappa shape index (κ1) is 14.5. The lowest BCUT2D eigenvalue weighted by atomic mass is 9.98. The topological polar surface area (TPSA) is 50.3 Å². The molecule has 0 saturated carbocycles. The Morgan fingerprint density at radius 3 is 2.79 bits per heavy atom. The lowest BCUT2D eigenvalue weighted by Crippen LogP contribution is -2.35. The number of anilines is 2. The van der Waals surface area contributed by atoms with Crippen LogP contribution in [0.15, 0.2) is 10.8 Å². The Kier molecular flexibility index (Phi) is 5.39. The highest BCUT2D eigenvalue weighted by Crippen LogP contribution is 2.31. The molecule has 0 radical (unpaired) electrons. The van der Waals surface area contributed by atoms with Gasteiger partial charge in [-0.1, -0.05) is 0 Å². The van der Waals surface area contributed by atoms with Crippen molar-refractivity contribution < 1.29 is 4.74 Å². The van der Waals surface area contributed by atoms with Gasteiger partial charge in [0.05, 0.1) is 0 Å². The van der Waals surface area contributed by atoms with Crippen molar-refractivity contribution in [1.29, 1.82) is 0 Å². The highest BCUT2D eigenvalue weighted by molar-refractivity contribution is 9.10. The number of nitrogens with one attached hydrogen (secondary N) is 1. The molecule has 106 valence electrons. The molecule has 0 atom stereocenters. The minimum atomic E-state index is 0.676. The number of aromatic nitrogens is 2. The second-order valence-electron chi connectivity index (χ2n) is 4.78. The summed E-state index contributed by atoms with van der Waals surface area (Å²) in [6.07, 6.45) is 3.93. The Balaban J connectivity index is 2.05. The van der Waals surface area contributed by atoms with Crippen LogP contribution in [0.1, 0.15) is 19.8 Å². The number of rotatable bonds is 5. The average molecular weight is 329 g/mol. The molecule has 1 aliphatic heterocycles. The molecule has 0 bridgehead atoms. The molecule has 1 fully saturated rings. The molecule has 19 heavy (non-hydrogen) atoms. The van der Waals surface area contributed by atoms with E-state index in [1.54, 1.807) is 13.4 Å². The second kappa shape index (κ2) is 7.05. The van der Waals surface area contributed by atoms with E-state index in [-0.39, 0.29) is 0 Å². The summed E-state index contributed by atoms with van der Waals surface area (Å²) in [6, 6.07) is 0. The first-order valence-electron chi connectivity index (χ1n) is 6.74. The van der Waals surface area contributed by atoms with E-state index in [9.17, 15) is 0 Å². The van der Waals surface area contributed by atoms with Crippen LogP contribution in [0.4, 0.5) is 11.6 Å². The number of piperidine rings is 1. The molecule has 0 unspecified atom stereocenters. The quantitative estimate of drug-likeness (QED) is 0.900. The summed E-state index contributed by atoms with van der Waals surface area (Å²) >= 11 is 3.61. The van der Waals surface area contributed by atoms with E-state index < -0.39 is 0 Å². The Hall–Kier alpha value is -0.880. The number of methoxy groups -OCH3 is 1. The zero-order chi connectivity index (χ0) is 13.7. The van der Waals surface area contributed by atoms with Crippen molar-refractivity contribution in [2.24, 2.45) is 5.92 Å². The van der Waals surface area contributed by atoms with Gasteiger partial charge in [-0.3, -0.25) is 0 Å². The predicted octanol–water partition coefficient (Wildman–Crippen LogP) is 2.53. The van der Waals surface area contributed by atoms with Crippen LogP contribution in [0.2, 0.25) is 0 Å². The Labute approximate surface area is 122 Å². The number of halogens is 1. The van der Waals surface area contributed by atoms with Gasteiger partial charge < -0.3 is 15.0 Å². The third-order valence-corrected chi connectivity index (χ3v) is 4.16. The van der Waals surface area contributed by atoms with Gasteiger partial charge in [0.2, 0.25) is 0 Å². The number of nitrogens with zero attached hydrogens (tertiary/aromatic N) is 3. The lowest BCUT2D eigenvalue weighted by molar-refractivity contribution is 0.139. The third kappa shape index (κ3) is 3.57. The van der Waals surface area contributed by atoms with Gasteiger partial charge in [0.25, 0.3) is 0 Å². The number of hydrogen-bond acceptors (Lipinski definition) is 5. The lowest BCUT2D eigenvalue weighted by Gasteiger charge is -2.33. The standard InChI is InChI=1S/C13H21BrN4O/c1-3-15-12-11(14)13(17-9-16-12)18-6-4-10(5-7-18)8-19-2/h9-10H,3-8H2,1-2H3,(H,15,16,17). The first-order valence-corrected chi connectivity index (χ1v) is 7.53. The van der Waals surface area contributed by atoms with Gasteiger partial charge in [0, 0.05) is 33.4 Å². The molecule has 0 aliphatic carbocycles. The van der Waals surface area contributed by atoms with E-state index in [0.717, 1.165) is 55.2 Å². The van der Waals surface area contributed by atoms with Crippen LogP contribution < -0.4 is 10.2 Å². The van der Waals surface area contributed by atoms with Gasteiger partial charge in [-0.15, -0.1) is 0 Å². The molecule has 2 rings (SSSR count). The largest absolute Gasteiger partial charge is 0.384 e. The van der Waals surface area contributed by atoms with Crippen molar-refractivity contribution >= 4 is 27.6 Å². The zero-order valence-electron chi connectivity index (χ0n) is 11.5. The summed E-state index contributed by atoms with van der Waals surface area (Å²) in [5.74, 6) is 2.53. The van der Waals surface area contributed by atoms with E-state index in [2.05, 4.69) is 43.0 Å².